The van der Waals surface area contributed by atoms with Gasteiger partial charge in [0.25, 0.3) is 0 Å². The highest BCUT2D eigenvalue weighted by atomic mass is 15.2. The zero-order chi connectivity index (χ0) is 11.6. The second-order valence-corrected chi connectivity index (χ2v) is 5.78. The molecule has 3 atom stereocenters. The number of nitrogens with zero attached hydrogens (tertiary/aromatic N) is 1. The van der Waals surface area contributed by atoms with Crippen LogP contribution < -0.4 is 5.32 Å². The van der Waals surface area contributed by atoms with Gasteiger partial charge < -0.3 is 5.32 Å². The van der Waals surface area contributed by atoms with Gasteiger partial charge in [0.15, 0.2) is 0 Å². The van der Waals surface area contributed by atoms with Crippen LogP contribution in [0.5, 0.6) is 0 Å². The molecule has 0 bridgehead atoms. The van der Waals surface area contributed by atoms with Crippen LogP contribution in [0.1, 0.15) is 47.0 Å². The molecule has 0 aromatic heterocycles. The lowest BCUT2D eigenvalue weighted by Gasteiger charge is -2.37. The van der Waals surface area contributed by atoms with E-state index < -0.39 is 0 Å². The number of nitrogens with one attached hydrogen (secondary N) is 1. The molecule has 15 heavy (non-hydrogen) atoms. The summed E-state index contributed by atoms with van der Waals surface area (Å²) in [5.41, 5.74) is 0.446. The van der Waals surface area contributed by atoms with Crippen LogP contribution in [0.15, 0.2) is 0 Å². The Morgan fingerprint density at radius 1 is 1.47 bits per heavy atom. The predicted octanol–water partition coefficient (Wildman–Crippen LogP) is 2.49. The fraction of sp³-hybridized carbons (Fsp3) is 1.00. The van der Waals surface area contributed by atoms with Crippen molar-refractivity contribution in [1.82, 2.24) is 10.2 Å². The van der Waals surface area contributed by atoms with E-state index in [4.69, 9.17) is 0 Å². The van der Waals surface area contributed by atoms with Crippen LogP contribution in [-0.4, -0.2) is 37.1 Å². The fourth-order valence-electron chi connectivity index (χ4n) is 3.00. The molecule has 1 aliphatic rings. The lowest BCUT2D eigenvalue weighted by Crippen LogP contribution is -2.51. The lowest BCUT2D eigenvalue weighted by molar-refractivity contribution is 0.137. The normalized spacial score (nSPS) is 32.2. The van der Waals surface area contributed by atoms with E-state index >= 15 is 0 Å². The van der Waals surface area contributed by atoms with Crippen molar-refractivity contribution in [1.29, 1.82) is 0 Å². The molecule has 0 aromatic rings. The zero-order valence-electron chi connectivity index (χ0n) is 11.3. The van der Waals surface area contributed by atoms with Crippen LogP contribution in [-0.2, 0) is 0 Å². The largest absolute Gasteiger partial charge is 0.315 e. The smallest absolute Gasteiger partial charge is 0.0271 e. The number of hydrogen-bond acceptors (Lipinski definition) is 2. The van der Waals surface area contributed by atoms with E-state index in [0.29, 0.717) is 23.5 Å². The summed E-state index contributed by atoms with van der Waals surface area (Å²) in [5.74, 6) is 0. The maximum absolute atomic E-state index is 3.52. The Morgan fingerprint density at radius 2 is 2.07 bits per heavy atom. The lowest BCUT2D eigenvalue weighted by atomic mass is 9.86. The highest BCUT2D eigenvalue weighted by Gasteiger charge is 2.43. The van der Waals surface area contributed by atoms with Gasteiger partial charge in [-0.25, -0.2) is 0 Å². The fourth-order valence-corrected chi connectivity index (χ4v) is 3.00. The van der Waals surface area contributed by atoms with Gasteiger partial charge in [-0.2, -0.15) is 0 Å². The van der Waals surface area contributed by atoms with E-state index in [2.05, 4.69) is 52.0 Å². The maximum atomic E-state index is 3.52. The molecule has 1 rings (SSSR count). The first-order valence-electron chi connectivity index (χ1n) is 6.33. The topological polar surface area (TPSA) is 15.3 Å². The molecule has 2 nitrogen and oxygen atoms in total. The predicted molar refractivity (Wildman–Crippen MR) is 67.2 cm³/mol. The first-order valence-corrected chi connectivity index (χ1v) is 6.33. The SMILES string of the molecule is CCC(C)N(C)C1CCC(C)(C)C1NC. The van der Waals surface area contributed by atoms with E-state index in [-0.39, 0.29) is 0 Å². The zero-order valence-corrected chi connectivity index (χ0v) is 11.3. The maximum Gasteiger partial charge on any atom is 0.0271 e. The number of rotatable bonds is 4. The minimum atomic E-state index is 0.446. The summed E-state index contributed by atoms with van der Waals surface area (Å²) < 4.78 is 0. The van der Waals surface area contributed by atoms with Crippen LogP contribution in [0.2, 0.25) is 0 Å². The first-order chi connectivity index (χ1) is 6.94. The van der Waals surface area contributed by atoms with E-state index in [9.17, 15) is 0 Å². The van der Waals surface area contributed by atoms with Crippen LogP contribution in [0.25, 0.3) is 0 Å². The monoisotopic (exact) mass is 212 g/mol. The van der Waals surface area contributed by atoms with Crippen molar-refractivity contribution in [3.05, 3.63) is 0 Å². The van der Waals surface area contributed by atoms with Gasteiger partial charge in [0.2, 0.25) is 0 Å². The molecule has 3 unspecified atom stereocenters. The molecule has 1 fully saturated rings. The van der Waals surface area contributed by atoms with Crippen molar-refractivity contribution in [2.75, 3.05) is 14.1 Å². The van der Waals surface area contributed by atoms with Gasteiger partial charge in [-0.15, -0.1) is 0 Å². The van der Waals surface area contributed by atoms with E-state index in [1.54, 1.807) is 0 Å². The van der Waals surface area contributed by atoms with E-state index in [1.165, 1.54) is 19.3 Å². The van der Waals surface area contributed by atoms with Gasteiger partial charge in [-0.3, -0.25) is 4.90 Å². The summed E-state index contributed by atoms with van der Waals surface area (Å²) in [7, 11) is 4.39. The third kappa shape index (κ3) is 2.54. The summed E-state index contributed by atoms with van der Waals surface area (Å²) >= 11 is 0. The molecule has 90 valence electrons. The Kier molecular flexibility index (Phi) is 4.19. The Morgan fingerprint density at radius 3 is 2.53 bits per heavy atom. The van der Waals surface area contributed by atoms with E-state index in [0.717, 1.165) is 0 Å². The molecule has 0 heterocycles. The average molecular weight is 212 g/mol. The summed E-state index contributed by atoms with van der Waals surface area (Å²) in [5, 5.41) is 3.52. The molecule has 1 N–H and O–H groups in total. The van der Waals surface area contributed by atoms with Crippen molar-refractivity contribution < 1.29 is 0 Å². The number of hydrogen-bond donors (Lipinski definition) is 1. The number of likely N-dealkylation sites (N-methyl/N-ethyl adjacent to an activating group) is 2. The molecular formula is C13H28N2. The minimum absolute atomic E-state index is 0.446. The highest BCUT2D eigenvalue weighted by molar-refractivity contribution is 5.00. The second-order valence-electron chi connectivity index (χ2n) is 5.78. The van der Waals surface area contributed by atoms with Gasteiger partial charge in [-0.05, 0) is 45.7 Å². The molecule has 0 radical (unpaired) electrons. The second kappa shape index (κ2) is 4.84. The third-order valence-corrected chi connectivity index (χ3v) is 4.43. The van der Waals surface area contributed by atoms with Gasteiger partial charge in [-0.1, -0.05) is 20.8 Å². The van der Waals surface area contributed by atoms with Crippen molar-refractivity contribution in [2.24, 2.45) is 5.41 Å². The molecule has 2 heteroatoms. The molecule has 0 aliphatic heterocycles. The first kappa shape index (κ1) is 13.0. The molecule has 0 spiro atoms. The van der Waals surface area contributed by atoms with Gasteiger partial charge in [0.05, 0.1) is 0 Å². The van der Waals surface area contributed by atoms with Crippen molar-refractivity contribution in [3.63, 3.8) is 0 Å². The van der Waals surface area contributed by atoms with Crippen molar-refractivity contribution >= 4 is 0 Å². The molecule has 0 amide bonds. The summed E-state index contributed by atoms with van der Waals surface area (Å²) in [6, 6.07) is 2.04. The minimum Gasteiger partial charge on any atom is -0.315 e. The van der Waals surface area contributed by atoms with Crippen LogP contribution in [0.4, 0.5) is 0 Å². The van der Waals surface area contributed by atoms with Crippen LogP contribution in [0, 0.1) is 5.41 Å². The molecule has 1 saturated carbocycles. The average Bonchev–Trinajstić information content (AvgIpc) is 2.51. The van der Waals surface area contributed by atoms with Crippen molar-refractivity contribution in [2.45, 2.75) is 65.1 Å². The Labute approximate surface area is 95.4 Å². The Bertz CT molecular complexity index is 201. The summed E-state index contributed by atoms with van der Waals surface area (Å²) in [6.45, 7) is 9.38. The quantitative estimate of drug-likeness (QED) is 0.770. The Balaban J connectivity index is 2.71. The van der Waals surface area contributed by atoms with Gasteiger partial charge in [0, 0.05) is 18.1 Å². The van der Waals surface area contributed by atoms with Crippen LogP contribution in [0.3, 0.4) is 0 Å². The molecule has 1 aliphatic carbocycles. The van der Waals surface area contributed by atoms with E-state index in [1.807, 2.05) is 0 Å². The molecule has 0 saturated heterocycles. The third-order valence-electron chi connectivity index (χ3n) is 4.43. The van der Waals surface area contributed by atoms with Crippen molar-refractivity contribution in [3.8, 4) is 0 Å². The van der Waals surface area contributed by atoms with Gasteiger partial charge in [0.1, 0.15) is 0 Å². The highest BCUT2D eigenvalue weighted by Crippen LogP contribution is 2.39. The standard InChI is InChI=1S/C13H28N2/c1-7-10(2)15(6)11-8-9-13(3,4)12(11)14-5/h10-12,14H,7-9H2,1-6H3. The van der Waals surface area contributed by atoms with Crippen LogP contribution >= 0.6 is 0 Å². The summed E-state index contributed by atoms with van der Waals surface area (Å²) in [6.07, 6.45) is 3.91. The van der Waals surface area contributed by atoms with Gasteiger partial charge >= 0.3 is 0 Å². The molecule has 0 aromatic carbocycles. The summed E-state index contributed by atoms with van der Waals surface area (Å²) in [4.78, 5) is 2.57. The molecular weight excluding hydrogens is 184 g/mol. The Hall–Kier alpha value is -0.0800.